The van der Waals surface area contributed by atoms with Crippen LogP contribution in [0.5, 0.6) is 5.75 Å². The van der Waals surface area contributed by atoms with Crippen molar-refractivity contribution in [3.63, 3.8) is 0 Å². The quantitative estimate of drug-likeness (QED) is 0.314. The molecule has 0 radical (unpaired) electrons. The van der Waals surface area contributed by atoms with E-state index in [9.17, 15) is 23.1 Å². The van der Waals surface area contributed by atoms with Gasteiger partial charge in [-0.3, -0.25) is 14.5 Å². The van der Waals surface area contributed by atoms with Crippen molar-refractivity contribution < 1.29 is 27.9 Å². The lowest BCUT2D eigenvalue weighted by atomic mass is 9.95. The molecule has 3 aromatic carbocycles. The second-order valence-electron chi connectivity index (χ2n) is 7.49. The second kappa shape index (κ2) is 8.94. The highest BCUT2D eigenvalue weighted by Crippen LogP contribution is 2.42. The number of hydrogen-bond acceptors (Lipinski definition) is 6. The number of sulfonamides is 1. The second-order valence-corrected chi connectivity index (χ2v) is 9.49. The van der Waals surface area contributed by atoms with E-state index in [4.69, 9.17) is 21.5 Å². The van der Waals surface area contributed by atoms with Crippen molar-refractivity contribution in [3.8, 4) is 5.75 Å². The highest BCUT2D eigenvalue weighted by molar-refractivity contribution is 7.89. The molecule has 1 fully saturated rings. The van der Waals surface area contributed by atoms with Crippen LogP contribution in [0.4, 0.5) is 5.69 Å². The first kappa shape index (κ1) is 23.5. The van der Waals surface area contributed by atoms with Crippen molar-refractivity contribution in [2.75, 3.05) is 12.0 Å². The first-order chi connectivity index (χ1) is 16.1. The van der Waals surface area contributed by atoms with Crippen molar-refractivity contribution in [2.24, 2.45) is 5.14 Å². The fourth-order valence-corrected chi connectivity index (χ4v) is 4.40. The molecule has 0 aliphatic carbocycles. The van der Waals surface area contributed by atoms with Crippen molar-refractivity contribution in [3.05, 3.63) is 94.5 Å². The van der Waals surface area contributed by atoms with Crippen molar-refractivity contribution in [2.45, 2.75) is 10.9 Å². The van der Waals surface area contributed by atoms with Gasteiger partial charge in [0.15, 0.2) is 0 Å². The van der Waals surface area contributed by atoms with Gasteiger partial charge in [-0.05, 0) is 66.2 Å². The van der Waals surface area contributed by atoms with Gasteiger partial charge in [0.1, 0.15) is 11.5 Å². The number of hydrogen-bond donors (Lipinski definition) is 2. The van der Waals surface area contributed by atoms with Gasteiger partial charge in [0.05, 0.1) is 23.6 Å². The predicted octanol–water partition coefficient (Wildman–Crippen LogP) is 3.62. The van der Waals surface area contributed by atoms with E-state index < -0.39 is 27.8 Å². The Morgan fingerprint density at radius 2 is 1.56 bits per heavy atom. The number of methoxy groups -OCH3 is 1. The van der Waals surface area contributed by atoms with Gasteiger partial charge >= 0.3 is 0 Å². The summed E-state index contributed by atoms with van der Waals surface area (Å²) in [7, 11) is -2.44. The fourth-order valence-electron chi connectivity index (χ4n) is 3.76. The van der Waals surface area contributed by atoms with Crippen molar-refractivity contribution in [1.82, 2.24) is 0 Å². The Morgan fingerprint density at radius 1 is 0.971 bits per heavy atom. The number of halogens is 1. The molecular weight excluding hydrogens is 480 g/mol. The Bertz CT molecular complexity index is 1400. The third-order valence-electron chi connectivity index (χ3n) is 5.44. The molecule has 1 aliphatic rings. The third-order valence-corrected chi connectivity index (χ3v) is 6.62. The SMILES string of the molecule is COc1ccc(C2/C(=C(\O)c3ccc(Cl)cc3)C(=O)C(=O)N2c2ccc(S(N)(=O)=O)cc2)cc1. The van der Waals surface area contributed by atoms with Crippen LogP contribution in [0.25, 0.3) is 5.76 Å². The maximum atomic E-state index is 13.1. The summed E-state index contributed by atoms with van der Waals surface area (Å²) in [4.78, 5) is 27.3. The van der Waals surface area contributed by atoms with Gasteiger partial charge in [-0.1, -0.05) is 23.7 Å². The molecule has 1 saturated heterocycles. The molecule has 0 spiro atoms. The Labute approximate surface area is 200 Å². The molecule has 0 saturated carbocycles. The minimum absolute atomic E-state index is 0.118. The summed E-state index contributed by atoms with van der Waals surface area (Å²) in [6.45, 7) is 0. The number of ether oxygens (including phenoxy) is 1. The average molecular weight is 499 g/mol. The predicted molar refractivity (Wildman–Crippen MR) is 127 cm³/mol. The number of anilines is 1. The van der Waals surface area contributed by atoms with E-state index in [2.05, 4.69) is 0 Å². The lowest BCUT2D eigenvalue weighted by Gasteiger charge is -2.25. The molecule has 1 atom stereocenters. The monoisotopic (exact) mass is 498 g/mol. The number of rotatable bonds is 5. The van der Waals surface area contributed by atoms with Gasteiger partial charge in [-0.2, -0.15) is 0 Å². The molecule has 174 valence electrons. The molecule has 1 unspecified atom stereocenters. The highest BCUT2D eigenvalue weighted by Gasteiger charge is 2.47. The van der Waals surface area contributed by atoms with Crippen LogP contribution >= 0.6 is 11.6 Å². The molecule has 1 amide bonds. The Kier molecular flexibility index (Phi) is 6.18. The van der Waals surface area contributed by atoms with E-state index in [1.54, 1.807) is 36.4 Å². The Balaban J connectivity index is 1.91. The number of aliphatic hydroxyl groups is 1. The van der Waals surface area contributed by atoms with Gasteiger partial charge in [0.25, 0.3) is 11.7 Å². The zero-order chi connectivity index (χ0) is 24.6. The maximum Gasteiger partial charge on any atom is 0.300 e. The van der Waals surface area contributed by atoms with Crippen molar-refractivity contribution in [1.29, 1.82) is 0 Å². The third kappa shape index (κ3) is 4.28. The topological polar surface area (TPSA) is 127 Å². The summed E-state index contributed by atoms with van der Waals surface area (Å²) in [5, 5.41) is 16.7. The molecule has 0 aromatic heterocycles. The largest absolute Gasteiger partial charge is 0.507 e. The molecule has 3 N–H and O–H groups in total. The number of carbonyl (C=O) groups excluding carboxylic acids is 2. The number of carbonyl (C=O) groups is 2. The minimum Gasteiger partial charge on any atom is -0.507 e. The first-order valence-electron chi connectivity index (χ1n) is 9.95. The van der Waals surface area contributed by atoms with Crippen LogP contribution in [0.1, 0.15) is 17.2 Å². The molecule has 1 aliphatic heterocycles. The molecule has 1 heterocycles. The number of nitrogens with two attached hydrogens (primary N) is 1. The van der Waals surface area contributed by atoms with Crippen LogP contribution in [0.2, 0.25) is 5.02 Å². The molecule has 34 heavy (non-hydrogen) atoms. The van der Waals surface area contributed by atoms with Gasteiger partial charge in [0.2, 0.25) is 10.0 Å². The molecule has 3 aromatic rings. The molecular formula is C24H19ClN2O6S. The van der Waals surface area contributed by atoms with E-state index in [1.165, 1.54) is 48.4 Å². The number of Topliss-reactive ketones (excluding diaryl/α,β-unsaturated/α-hetero) is 1. The molecule has 8 nitrogen and oxygen atoms in total. The van der Waals surface area contributed by atoms with E-state index >= 15 is 0 Å². The number of ketones is 1. The summed E-state index contributed by atoms with van der Waals surface area (Å²) in [6, 6.07) is 17.1. The van der Waals surface area contributed by atoms with E-state index in [0.717, 1.165) is 0 Å². The number of benzene rings is 3. The summed E-state index contributed by atoms with van der Waals surface area (Å²) < 4.78 is 28.5. The van der Waals surface area contributed by atoms with Crippen molar-refractivity contribution >= 4 is 44.8 Å². The molecule has 0 bridgehead atoms. The minimum atomic E-state index is -3.95. The lowest BCUT2D eigenvalue weighted by molar-refractivity contribution is -0.132. The van der Waals surface area contributed by atoms with Crippen LogP contribution in [0.3, 0.4) is 0 Å². The number of nitrogens with zero attached hydrogens (tertiary/aromatic N) is 1. The summed E-state index contributed by atoms with van der Waals surface area (Å²) in [5.41, 5.74) is 0.981. The van der Waals surface area contributed by atoms with Crippen LogP contribution in [-0.2, 0) is 19.6 Å². The first-order valence-corrected chi connectivity index (χ1v) is 11.9. The van der Waals surface area contributed by atoms with Gasteiger partial charge in [-0.25, -0.2) is 13.6 Å². The van der Waals surface area contributed by atoms with Gasteiger partial charge in [-0.15, -0.1) is 0 Å². The van der Waals surface area contributed by atoms with Crippen LogP contribution in [0.15, 0.2) is 83.3 Å². The van der Waals surface area contributed by atoms with Gasteiger partial charge in [0, 0.05) is 16.3 Å². The summed E-state index contributed by atoms with van der Waals surface area (Å²) in [5.74, 6) is -1.56. The fraction of sp³-hybridized carbons (Fsp3) is 0.0833. The lowest BCUT2D eigenvalue weighted by Crippen LogP contribution is -2.29. The average Bonchev–Trinajstić information content (AvgIpc) is 3.09. The van der Waals surface area contributed by atoms with E-state index in [0.29, 0.717) is 21.9 Å². The number of aliphatic hydroxyl groups excluding tert-OH is 1. The van der Waals surface area contributed by atoms with E-state index in [1.807, 2.05) is 0 Å². The zero-order valence-corrected chi connectivity index (χ0v) is 19.4. The van der Waals surface area contributed by atoms with Crippen LogP contribution < -0.4 is 14.8 Å². The molecule has 4 rings (SSSR count). The number of primary sulfonamides is 1. The van der Waals surface area contributed by atoms with E-state index in [-0.39, 0.29) is 21.9 Å². The van der Waals surface area contributed by atoms with Gasteiger partial charge < -0.3 is 9.84 Å². The normalized spacial score (nSPS) is 17.7. The van der Waals surface area contributed by atoms with Crippen LogP contribution in [-0.4, -0.2) is 32.3 Å². The Morgan fingerprint density at radius 3 is 2.09 bits per heavy atom. The smallest absolute Gasteiger partial charge is 0.300 e. The standard InChI is InChI=1S/C24H19ClN2O6S/c1-33-18-10-4-14(5-11-18)21-20(22(28)15-2-6-16(25)7-3-15)23(29)24(30)27(21)17-8-12-19(13-9-17)34(26,31)32/h2-13,21,28H,1H3,(H2,26,31,32)/b22-20+. The zero-order valence-electron chi connectivity index (χ0n) is 17.8. The maximum absolute atomic E-state index is 13.1. The molecule has 10 heteroatoms. The van der Waals surface area contributed by atoms with Crippen LogP contribution in [0, 0.1) is 0 Å². The highest BCUT2D eigenvalue weighted by atomic mass is 35.5. The summed E-state index contributed by atoms with van der Waals surface area (Å²) >= 11 is 5.94. The number of amides is 1. The summed E-state index contributed by atoms with van der Waals surface area (Å²) in [6.07, 6.45) is 0. The Hall–Kier alpha value is -3.66.